The molecule has 130 valence electrons. The van der Waals surface area contributed by atoms with E-state index in [-0.39, 0.29) is 24.6 Å². The third kappa shape index (κ3) is 5.37. The molecule has 0 aromatic heterocycles. The van der Waals surface area contributed by atoms with E-state index in [1.54, 1.807) is 38.1 Å². The number of ether oxygens (including phenoxy) is 2. The van der Waals surface area contributed by atoms with Gasteiger partial charge in [0.15, 0.2) is 6.61 Å². The first kappa shape index (κ1) is 18.0. The van der Waals surface area contributed by atoms with Crippen molar-refractivity contribution in [1.29, 1.82) is 0 Å². The van der Waals surface area contributed by atoms with Crippen molar-refractivity contribution in [2.45, 2.75) is 45.6 Å². The van der Waals surface area contributed by atoms with Gasteiger partial charge in [0.05, 0.1) is 17.6 Å². The van der Waals surface area contributed by atoms with Crippen LogP contribution >= 0.6 is 0 Å². The molecule has 0 heterocycles. The Kier molecular flexibility index (Phi) is 6.35. The topological polar surface area (TPSA) is 81.7 Å². The average molecular weight is 333 g/mol. The second-order valence-electron chi connectivity index (χ2n) is 6.17. The van der Waals surface area contributed by atoms with Crippen LogP contribution in [0.15, 0.2) is 24.3 Å². The maximum absolute atomic E-state index is 11.8. The lowest BCUT2D eigenvalue weighted by Gasteiger charge is -2.10. The molecule has 1 saturated carbocycles. The number of rotatable bonds is 6. The first-order valence-electron chi connectivity index (χ1n) is 8.23. The van der Waals surface area contributed by atoms with Crippen LogP contribution < -0.4 is 5.32 Å². The zero-order valence-electron chi connectivity index (χ0n) is 14.0. The van der Waals surface area contributed by atoms with E-state index in [9.17, 15) is 14.4 Å². The predicted molar refractivity (Wildman–Crippen MR) is 88.5 cm³/mol. The van der Waals surface area contributed by atoms with Gasteiger partial charge >= 0.3 is 11.9 Å². The zero-order chi connectivity index (χ0) is 17.5. The Morgan fingerprint density at radius 2 is 1.75 bits per heavy atom. The van der Waals surface area contributed by atoms with Crippen LogP contribution in [0.1, 0.15) is 49.9 Å². The van der Waals surface area contributed by atoms with Crippen LogP contribution in [0.3, 0.4) is 0 Å². The minimum absolute atomic E-state index is 0.0657. The lowest BCUT2D eigenvalue weighted by molar-refractivity contribution is -0.151. The van der Waals surface area contributed by atoms with Crippen molar-refractivity contribution >= 4 is 23.5 Å². The van der Waals surface area contributed by atoms with E-state index in [1.165, 1.54) is 0 Å². The molecule has 1 amide bonds. The Bertz CT molecular complexity index is 588. The molecule has 0 bridgehead atoms. The van der Waals surface area contributed by atoms with Crippen molar-refractivity contribution in [2.24, 2.45) is 5.92 Å². The first-order valence-corrected chi connectivity index (χ1v) is 8.23. The molecule has 0 spiro atoms. The fourth-order valence-corrected chi connectivity index (χ4v) is 2.58. The van der Waals surface area contributed by atoms with Gasteiger partial charge < -0.3 is 14.8 Å². The predicted octanol–water partition coefficient (Wildman–Crippen LogP) is 2.92. The second kappa shape index (κ2) is 8.47. The maximum atomic E-state index is 11.8. The Hall–Kier alpha value is -2.37. The van der Waals surface area contributed by atoms with Crippen LogP contribution in [0.25, 0.3) is 0 Å². The van der Waals surface area contributed by atoms with E-state index < -0.39 is 11.9 Å². The lowest BCUT2D eigenvalue weighted by Crippen LogP contribution is -2.23. The van der Waals surface area contributed by atoms with E-state index in [1.807, 2.05) is 0 Å². The first-order chi connectivity index (χ1) is 11.5. The largest absolute Gasteiger partial charge is 0.459 e. The van der Waals surface area contributed by atoms with E-state index >= 15 is 0 Å². The highest BCUT2D eigenvalue weighted by atomic mass is 16.5. The van der Waals surface area contributed by atoms with Gasteiger partial charge in [0.1, 0.15) is 0 Å². The quantitative estimate of drug-likeness (QED) is 0.810. The Morgan fingerprint density at radius 1 is 1.12 bits per heavy atom. The molecule has 0 atom stereocenters. The van der Waals surface area contributed by atoms with Gasteiger partial charge in [-0.05, 0) is 51.0 Å². The molecule has 0 saturated heterocycles. The molecule has 1 aliphatic carbocycles. The molecule has 0 unspecified atom stereocenters. The summed E-state index contributed by atoms with van der Waals surface area (Å²) in [6.45, 7) is 3.26. The molecule has 0 aliphatic heterocycles. The molecule has 1 fully saturated rings. The Balaban J connectivity index is 1.79. The maximum Gasteiger partial charge on any atom is 0.338 e. The number of esters is 2. The molecule has 1 aliphatic rings. The molecule has 1 aromatic carbocycles. The van der Waals surface area contributed by atoms with Crippen molar-refractivity contribution in [1.82, 2.24) is 0 Å². The van der Waals surface area contributed by atoms with Gasteiger partial charge in [0.25, 0.3) is 5.91 Å². The summed E-state index contributed by atoms with van der Waals surface area (Å²) in [5.74, 6) is -1.18. The van der Waals surface area contributed by atoms with Crippen LogP contribution in [0, 0.1) is 5.92 Å². The summed E-state index contributed by atoms with van der Waals surface area (Å²) in [6.07, 6.45) is 3.57. The van der Waals surface area contributed by atoms with Crippen LogP contribution in [-0.4, -0.2) is 30.6 Å². The summed E-state index contributed by atoms with van der Waals surface area (Å²) in [4.78, 5) is 35.3. The SMILES string of the molecule is CC(C)OC(=O)c1ccc(NC(=O)COC(=O)C2CCCC2)cc1. The smallest absolute Gasteiger partial charge is 0.338 e. The minimum Gasteiger partial charge on any atom is -0.459 e. The molecule has 2 rings (SSSR count). The fraction of sp³-hybridized carbons (Fsp3) is 0.500. The fourth-order valence-electron chi connectivity index (χ4n) is 2.58. The number of carbonyl (C=O) groups is 3. The monoisotopic (exact) mass is 333 g/mol. The molecule has 24 heavy (non-hydrogen) atoms. The number of hydrogen-bond donors (Lipinski definition) is 1. The van der Waals surface area contributed by atoms with E-state index in [0.717, 1.165) is 25.7 Å². The third-order valence-electron chi connectivity index (χ3n) is 3.78. The summed E-state index contributed by atoms with van der Waals surface area (Å²) in [5, 5.41) is 2.63. The van der Waals surface area contributed by atoms with Crippen LogP contribution in [-0.2, 0) is 19.1 Å². The van der Waals surface area contributed by atoms with Gasteiger partial charge in [-0.3, -0.25) is 9.59 Å². The van der Waals surface area contributed by atoms with Crippen LogP contribution in [0.2, 0.25) is 0 Å². The summed E-state index contributed by atoms with van der Waals surface area (Å²) < 4.78 is 10.1. The van der Waals surface area contributed by atoms with Gasteiger partial charge in [0, 0.05) is 5.69 Å². The highest BCUT2D eigenvalue weighted by molar-refractivity contribution is 5.94. The van der Waals surface area contributed by atoms with Crippen molar-refractivity contribution in [3.05, 3.63) is 29.8 Å². The molecular weight excluding hydrogens is 310 g/mol. The molecule has 6 heteroatoms. The van der Waals surface area contributed by atoms with Gasteiger partial charge in [-0.15, -0.1) is 0 Å². The van der Waals surface area contributed by atoms with Gasteiger partial charge in [0.2, 0.25) is 0 Å². The summed E-state index contributed by atoms with van der Waals surface area (Å²) in [6, 6.07) is 6.36. The number of benzene rings is 1. The van der Waals surface area contributed by atoms with Gasteiger partial charge in [-0.2, -0.15) is 0 Å². The number of amides is 1. The van der Waals surface area contributed by atoms with Crippen molar-refractivity contribution in [3.63, 3.8) is 0 Å². The molecule has 1 N–H and O–H groups in total. The van der Waals surface area contributed by atoms with Crippen molar-refractivity contribution in [2.75, 3.05) is 11.9 Å². The standard InChI is InChI=1S/C18H23NO5/c1-12(2)24-18(22)14-7-9-15(10-8-14)19-16(20)11-23-17(21)13-5-3-4-6-13/h7-10,12-13H,3-6,11H2,1-2H3,(H,19,20). The van der Waals surface area contributed by atoms with E-state index in [2.05, 4.69) is 5.32 Å². The number of nitrogens with one attached hydrogen (secondary N) is 1. The van der Waals surface area contributed by atoms with Gasteiger partial charge in [-0.25, -0.2) is 4.79 Å². The zero-order valence-corrected chi connectivity index (χ0v) is 14.0. The average Bonchev–Trinajstić information content (AvgIpc) is 3.07. The summed E-state index contributed by atoms with van der Waals surface area (Å²) in [5.41, 5.74) is 0.937. The highest BCUT2D eigenvalue weighted by Gasteiger charge is 2.24. The summed E-state index contributed by atoms with van der Waals surface area (Å²) >= 11 is 0. The molecule has 1 aromatic rings. The number of anilines is 1. The van der Waals surface area contributed by atoms with Crippen molar-refractivity contribution < 1.29 is 23.9 Å². The second-order valence-corrected chi connectivity index (χ2v) is 6.17. The number of carbonyl (C=O) groups excluding carboxylic acids is 3. The van der Waals surface area contributed by atoms with Crippen LogP contribution in [0.5, 0.6) is 0 Å². The van der Waals surface area contributed by atoms with E-state index in [0.29, 0.717) is 11.3 Å². The highest BCUT2D eigenvalue weighted by Crippen LogP contribution is 2.25. The lowest BCUT2D eigenvalue weighted by atomic mass is 10.1. The van der Waals surface area contributed by atoms with Crippen LogP contribution in [0.4, 0.5) is 5.69 Å². The third-order valence-corrected chi connectivity index (χ3v) is 3.78. The van der Waals surface area contributed by atoms with Gasteiger partial charge in [-0.1, -0.05) is 12.8 Å². The van der Waals surface area contributed by atoms with E-state index in [4.69, 9.17) is 9.47 Å². The molecule has 6 nitrogen and oxygen atoms in total. The molecular formula is C18H23NO5. The Morgan fingerprint density at radius 3 is 2.33 bits per heavy atom. The normalized spacial score (nSPS) is 14.5. The van der Waals surface area contributed by atoms with Crippen molar-refractivity contribution in [3.8, 4) is 0 Å². The number of hydrogen-bond acceptors (Lipinski definition) is 5. The Labute approximate surface area is 141 Å². The minimum atomic E-state index is -0.409. The molecule has 0 radical (unpaired) electrons. The summed E-state index contributed by atoms with van der Waals surface area (Å²) in [7, 11) is 0.